The van der Waals surface area contributed by atoms with Crippen LogP contribution in [0.4, 0.5) is 0 Å². The minimum absolute atomic E-state index is 0.0975. The van der Waals surface area contributed by atoms with Crippen LogP contribution < -0.4 is 5.69 Å². The largest absolute Gasteiger partial charge is 0.493 e. The van der Waals surface area contributed by atoms with Crippen molar-refractivity contribution < 1.29 is 15.0 Å². The first-order valence-electron chi connectivity index (χ1n) is 5.37. The molecular weight excluding hydrogens is 224 g/mol. The van der Waals surface area contributed by atoms with E-state index in [0.29, 0.717) is 6.54 Å². The lowest BCUT2D eigenvalue weighted by molar-refractivity contribution is -0.132. The lowest BCUT2D eigenvalue weighted by Crippen LogP contribution is -2.25. The monoisotopic (exact) mass is 240 g/mol. The third-order valence-corrected chi connectivity index (χ3v) is 2.42. The van der Waals surface area contributed by atoms with Crippen molar-refractivity contribution in [3.8, 4) is 5.88 Å². The molecule has 0 fully saturated rings. The Bertz CT molecular complexity index is 484. The second kappa shape index (κ2) is 5.38. The van der Waals surface area contributed by atoms with Gasteiger partial charge < -0.3 is 10.2 Å². The minimum Gasteiger partial charge on any atom is -0.493 e. The zero-order valence-corrected chi connectivity index (χ0v) is 9.72. The second-order valence-electron chi connectivity index (χ2n) is 3.81. The summed E-state index contributed by atoms with van der Waals surface area (Å²) in [5.74, 6) is -1.31. The van der Waals surface area contributed by atoms with E-state index >= 15 is 0 Å². The first kappa shape index (κ1) is 13.1. The average Bonchev–Trinajstić information content (AvgIpc) is 2.52. The predicted octanol–water partition coefficient (Wildman–Crippen LogP) is 0.796. The summed E-state index contributed by atoms with van der Waals surface area (Å²) in [6.45, 7) is 5.62. The molecule has 1 aromatic heterocycles. The van der Waals surface area contributed by atoms with Crippen LogP contribution in [0.2, 0.25) is 0 Å². The Balaban J connectivity index is 2.92. The summed E-state index contributed by atoms with van der Waals surface area (Å²) in [7, 11) is 0. The van der Waals surface area contributed by atoms with E-state index in [1.165, 1.54) is 10.8 Å². The number of carboxylic acids is 1. The average molecular weight is 240 g/mol. The van der Waals surface area contributed by atoms with E-state index in [2.05, 4.69) is 6.58 Å². The predicted molar refractivity (Wildman–Crippen MR) is 62.0 cm³/mol. The first-order valence-corrected chi connectivity index (χ1v) is 5.37. The third-order valence-electron chi connectivity index (χ3n) is 2.42. The normalized spacial score (nSPS) is 10.4. The number of carboxylic acid groups (broad SMARTS) is 1. The van der Waals surface area contributed by atoms with Gasteiger partial charge in [0.25, 0.3) is 0 Å². The Morgan fingerprint density at radius 1 is 1.53 bits per heavy atom. The molecule has 0 radical (unpaired) electrons. The van der Waals surface area contributed by atoms with Gasteiger partial charge in [0.15, 0.2) is 0 Å². The smallest absolute Gasteiger partial charge is 0.332 e. The van der Waals surface area contributed by atoms with Gasteiger partial charge in [0, 0.05) is 12.1 Å². The molecule has 0 aromatic carbocycles. The number of aliphatic carboxylic acids is 1. The van der Waals surface area contributed by atoms with E-state index in [1.54, 1.807) is 0 Å². The molecular formula is C11H16N2O4. The Hall–Kier alpha value is -1.98. The highest BCUT2D eigenvalue weighted by atomic mass is 16.4. The number of nitrogens with zero attached hydrogens (tertiary/aromatic N) is 2. The topological polar surface area (TPSA) is 84.5 Å². The van der Waals surface area contributed by atoms with Crippen molar-refractivity contribution in [2.45, 2.75) is 32.9 Å². The number of carbonyl (C=O) groups is 1. The van der Waals surface area contributed by atoms with Gasteiger partial charge in [-0.05, 0) is 6.42 Å². The summed E-state index contributed by atoms with van der Waals surface area (Å²) in [5, 5.41) is 18.2. The van der Waals surface area contributed by atoms with E-state index in [-0.39, 0.29) is 18.0 Å². The van der Waals surface area contributed by atoms with Crippen LogP contribution in [-0.2, 0) is 17.9 Å². The van der Waals surface area contributed by atoms with E-state index < -0.39 is 11.7 Å². The fourth-order valence-electron chi connectivity index (χ4n) is 1.43. The molecule has 0 saturated carbocycles. The zero-order valence-electron chi connectivity index (χ0n) is 9.72. The van der Waals surface area contributed by atoms with Gasteiger partial charge in [0.05, 0.1) is 12.7 Å². The number of aromatic nitrogens is 2. The first-order chi connectivity index (χ1) is 7.97. The summed E-state index contributed by atoms with van der Waals surface area (Å²) >= 11 is 0. The number of unbranched alkanes of at least 4 members (excludes halogenated alkanes) is 1. The third kappa shape index (κ3) is 2.99. The molecule has 2 N–H and O–H groups in total. The fourth-order valence-corrected chi connectivity index (χ4v) is 1.43. The SMILES string of the molecule is C=C(Cn1cc(O)n(CCCC)c1=O)C(=O)O. The molecule has 0 bridgehead atoms. The molecule has 0 amide bonds. The maximum absolute atomic E-state index is 11.8. The van der Waals surface area contributed by atoms with Crippen LogP contribution in [-0.4, -0.2) is 25.3 Å². The van der Waals surface area contributed by atoms with Crippen molar-refractivity contribution >= 4 is 5.97 Å². The molecule has 0 spiro atoms. The maximum Gasteiger partial charge on any atom is 0.332 e. The summed E-state index contributed by atoms with van der Waals surface area (Å²) < 4.78 is 2.36. The Labute approximate surface area is 98.4 Å². The maximum atomic E-state index is 11.8. The second-order valence-corrected chi connectivity index (χ2v) is 3.81. The van der Waals surface area contributed by atoms with Crippen LogP contribution in [0.3, 0.4) is 0 Å². The zero-order chi connectivity index (χ0) is 13.0. The summed E-state index contributed by atoms with van der Waals surface area (Å²) in [6.07, 6.45) is 2.91. The molecule has 0 unspecified atom stereocenters. The molecule has 1 aromatic rings. The van der Waals surface area contributed by atoms with Crippen molar-refractivity contribution in [3.63, 3.8) is 0 Å². The molecule has 1 heterocycles. The van der Waals surface area contributed by atoms with Gasteiger partial charge in [-0.15, -0.1) is 0 Å². The van der Waals surface area contributed by atoms with Crippen molar-refractivity contribution in [1.29, 1.82) is 0 Å². The molecule has 6 nitrogen and oxygen atoms in total. The van der Waals surface area contributed by atoms with Crippen molar-refractivity contribution in [2.24, 2.45) is 0 Å². The van der Waals surface area contributed by atoms with Crippen LogP contribution in [0.25, 0.3) is 0 Å². The summed E-state index contributed by atoms with van der Waals surface area (Å²) in [6, 6.07) is 0. The van der Waals surface area contributed by atoms with Crippen molar-refractivity contribution in [3.05, 3.63) is 28.8 Å². The standard InChI is InChI=1S/C11H16N2O4/c1-3-4-5-13-9(14)7-12(11(13)17)6-8(2)10(15)16/h7,14H,2-6H2,1H3,(H,15,16). The van der Waals surface area contributed by atoms with Crippen molar-refractivity contribution in [1.82, 2.24) is 9.13 Å². The van der Waals surface area contributed by atoms with Crippen LogP contribution >= 0.6 is 0 Å². The van der Waals surface area contributed by atoms with Gasteiger partial charge in [0.2, 0.25) is 5.88 Å². The van der Waals surface area contributed by atoms with Gasteiger partial charge >= 0.3 is 11.7 Å². The van der Waals surface area contributed by atoms with Gasteiger partial charge in [-0.1, -0.05) is 19.9 Å². The molecule has 0 saturated heterocycles. The molecule has 0 aliphatic heterocycles. The minimum atomic E-state index is -1.15. The molecule has 0 aliphatic carbocycles. The molecule has 17 heavy (non-hydrogen) atoms. The Morgan fingerprint density at radius 3 is 2.71 bits per heavy atom. The van der Waals surface area contributed by atoms with Crippen LogP contribution in [0, 0.1) is 0 Å². The number of rotatable bonds is 6. The van der Waals surface area contributed by atoms with E-state index in [4.69, 9.17) is 5.11 Å². The van der Waals surface area contributed by atoms with Gasteiger partial charge in [0.1, 0.15) is 0 Å². The molecule has 94 valence electrons. The Kier molecular flexibility index (Phi) is 4.14. The highest BCUT2D eigenvalue weighted by Gasteiger charge is 2.12. The van der Waals surface area contributed by atoms with E-state index in [0.717, 1.165) is 17.4 Å². The molecule has 6 heteroatoms. The number of hydrogen-bond acceptors (Lipinski definition) is 3. The summed E-state index contributed by atoms with van der Waals surface area (Å²) in [5.41, 5.74) is -0.516. The van der Waals surface area contributed by atoms with Crippen molar-refractivity contribution in [2.75, 3.05) is 0 Å². The summed E-state index contributed by atoms with van der Waals surface area (Å²) in [4.78, 5) is 22.4. The number of aromatic hydroxyl groups is 1. The van der Waals surface area contributed by atoms with E-state index in [9.17, 15) is 14.7 Å². The highest BCUT2D eigenvalue weighted by Crippen LogP contribution is 2.08. The number of imidazole rings is 1. The van der Waals surface area contributed by atoms with Crippen LogP contribution in [0.15, 0.2) is 23.1 Å². The fraction of sp³-hybridized carbons (Fsp3) is 0.455. The lowest BCUT2D eigenvalue weighted by Gasteiger charge is -2.01. The van der Waals surface area contributed by atoms with Crippen LogP contribution in [0.1, 0.15) is 19.8 Å². The van der Waals surface area contributed by atoms with Gasteiger partial charge in [-0.25, -0.2) is 9.59 Å². The van der Waals surface area contributed by atoms with E-state index in [1.807, 2.05) is 6.92 Å². The highest BCUT2D eigenvalue weighted by molar-refractivity contribution is 5.85. The molecule has 0 atom stereocenters. The lowest BCUT2D eigenvalue weighted by atomic mass is 10.3. The van der Waals surface area contributed by atoms with Gasteiger partial charge in [-0.2, -0.15) is 0 Å². The van der Waals surface area contributed by atoms with Crippen LogP contribution in [0.5, 0.6) is 5.88 Å². The number of hydrogen-bond donors (Lipinski definition) is 2. The quantitative estimate of drug-likeness (QED) is 0.720. The molecule has 1 rings (SSSR count). The molecule has 0 aliphatic rings. The van der Waals surface area contributed by atoms with Gasteiger partial charge in [-0.3, -0.25) is 9.13 Å². The Morgan fingerprint density at radius 2 is 2.18 bits per heavy atom.